The predicted molar refractivity (Wildman–Crippen MR) is 79.7 cm³/mol. The largest absolute Gasteiger partial charge is 0.482 e. The second-order valence-corrected chi connectivity index (χ2v) is 5.63. The second kappa shape index (κ2) is 5.81. The number of ether oxygens (including phenoxy) is 1. The molecule has 1 aromatic heterocycles. The SMILES string of the molecule is O=C1COc2ccccc2N1CCc1nc(CCl)cs1. The normalized spacial score (nSPS) is 14.1. The number of aromatic nitrogens is 1. The number of carbonyl (C=O) groups is 1. The number of para-hydroxylation sites is 2. The maximum Gasteiger partial charge on any atom is 0.265 e. The predicted octanol–water partition coefficient (Wildman–Crippen LogP) is 2.85. The molecule has 0 radical (unpaired) electrons. The number of thiazole rings is 1. The van der Waals surface area contributed by atoms with Crippen molar-refractivity contribution in [3.63, 3.8) is 0 Å². The maximum absolute atomic E-state index is 12.0. The van der Waals surface area contributed by atoms with Gasteiger partial charge < -0.3 is 9.64 Å². The molecule has 2 heterocycles. The number of amides is 1. The Kier molecular flexibility index (Phi) is 3.89. The Hall–Kier alpha value is -1.59. The first-order valence-corrected chi connectivity index (χ1v) is 7.71. The molecular weight excluding hydrogens is 296 g/mol. The molecule has 0 N–H and O–H groups in total. The third-order valence-electron chi connectivity index (χ3n) is 3.09. The van der Waals surface area contributed by atoms with Crippen LogP contribution in [-0.4, -0.2) is 24.0 Å². The Morgan fingerprint density at radius 3 is 3.05 bits per heavy atom. The third kappa shape index (κ3) is 2.64. The van der Waals surface area contributed by atoms with Crippen LogP contribution >= 0.6 is 22.9 Å². The minimum atomic E-state index is -0.0159. The summed E-state index contributed by atoms with van der Waals surface area (Å²) in [5.41, 5.74) is 1.72. The van der Waals surface area contributed by atoms with Crippen molar-refractivity contribution in [2.45, 2.75) is 12.3 Å². The molecule has 20 heavy (non-hydrogen) atoms. The molecular formula is C14H13ClN2O2S. The van der Waals surface area contributed by atoms with Crippen molar-refractivity contribution in [2.24, 2.45) is 0 Å². The van der Waals surface area contributed by atoms with Crippen LogP contribution in [-0.2, 0) is 17.1 Å². The lowest BCUT2D eigenvalue weighted by Gasteiger charge is -2.29. The van der Waals surface area contributed by atoms with Crippen LogP contribution < -0.4 is 9.64 Å². The molecule has 0 unspecified atom stereocenters. The van der Waals surface area contributed by atoms with Gasteiger partial charge in [-0.2, -0.15) is 0 Å². The molecule has 3 rings (SSSR count). The van der Waals surface area contributed by atoms with Gasteiger partial charge >= 0.3 is 0 Å². The number of hydrogen-bond acceptors (Lipinski definition) is 4. The number of rotatable bonds is 4. The van der Waals surface area contributed by atoms with Crippen molar-refractivity contribution >= 4 is 34.5 Å². The van der Waals surface area contributed by atoms with E-state index in [1.165, 1.54) is 0 Å². The summed E-state index contributed by atoms with van der Waals surface area (Å²) in [5, 5.41) is 2.95. The lowest BCUT2D eigenvalue weighted by atomic mass is 10.2. The minimum absolute atomic E-state index is 0.0159. The van der Waals surface area contributed by atoms with Gasteiger partial charge in [0, 0.05) is 18.3 Å². The first kappa shape index (κ1) is 13.4. The number of nitrogens with zero attached hydrogens (tertiary/aromatic N) is 2. The smallest absolute Gasteiger partial charge is 0.265 e. The number of alkyl halides is 1. The number of hydrogen-bond donors (Lipinski definition) is 0. The van der Waals surface area contributed by atoms with Crippen LogP contribution in [0.2, 0.25) is 0 Å². The molecule has 0 aliphatic carbocycles. The van der Waals surface area contributed by atoms with E-state index in [-0.39, 0.29) is 12.5 Å². The van der Waals surface area contributed by atoms with Gasteiger partial charge in [0.15, 0.2) is 6.61 Å². The van der Waals surface area contributed by atoms with E-state index in [0.717, 1.165) is 28.6 Å². The Morgan fingerprint density at radius 1 is 1.40 bits per heavy atom. The lowest BCUT2D eigenvalue weighted by molar-refractivity contribution is -0.121. The lowest BCUT2D eigenvalue weighted by Crippen LogP contribution is -2.40. The molecule has 0 atom stereocenters. The van der Waals surface area contributed by atoms with Crippen molar-refractivity contribution in [1.29, 1.82) is 0 Å². The summed E-state index contributed by atoms with van der Waals surface area (Å²) in [6.07, 6.45) is 0.724. The highest BCUT2D eigenvalue weighted by atomic mass is 35.5. The van der Waals surface area contributed by atoms with E-state index in [9.17, 15) is 4.79 Å². The van der Waals surface area contributed by atoms with Crippen molar-refractivity contribution in [2.75, 3.05) is 18.1 Å². The van der Waals surface area contributed by atoms with Crippen LogP contribution in [0.25, 0.3) is 0 Å². The van der Waals surface area contributed by atoms with Crippen molar-refractivity contribution < 1.29 is 9.53 Å². The highest BCUT2D eigenvalue weighted by Crippen LogP contribution is 2.31. The quantitative estimate of drug-likeness (QED) is 0.816. The van der Waals surface area contributed by atoms with Gasteiger partial charge in [-0.3, -0.25) is 4.79 Å². The van der Waals surface area contributed by atoms with Gasteiger partial charge in [-0.25, -0.2) is 4.98 Å². The number of halogens is 1. The zero-order valence-corrected chi connectivity index (χ0v) is 12.3. The maximum atomic E-state index is 12.0. The fourth-order valence-electron chi connectivity index (χ4n) is 2.13. The number of fused-ring (bicyclic) bond motifs is 1. The standard InChI is InChI=1S/C14H13ClN2O2S/c15-7-10-9-20-13(16-10)5-6-17-11-3-1-2-4-12(11)19-8-14(17)18/h1-4,9H,5-8H2. The average Bonchev–Trinajstić information content (AvgIpc) is 2.94. The third-order valence-corrected chi connectivity index (χ3v) is 4.32. The van der Waals surface area contributed by atoms with Gasteiger partial charge in [-0.05, 0) is 12.1 Å². The zero-order chi connectivity index (χ0) is 13.9. The summed E-state index contributed by atoms with van der Waals surface area (Å²) < 4.78 is 5.42. The van der Waals surface area contributed by atoms with E-state index in [1.807, 2.05) is 29.6 Å². The van der Waals surface area contributed by atoms with Crippen molar-refractivity contribution in [3.05, 3.63) is 40.3 Å². The molecule has 4 nitrogen and oxygen atoms in total. The fourth-order valence-corrected chi connectivity index (χ4v) is 3.15. The van der Waals surface area contributed by atoms with E-state index in [0.29, 0.717) is 12.4 Å². The molecule has 1 amide bonds. The first-order chi connectivity index (χ1) is 9.78. The van der Waals surface area contributed by atoms with Gasteiger partial charge in [0.2, 0.25) is 0 Å². The van der Waals surface area contributed by atoms with E-state index in [1.54, 1.807) is 16.2 Å². The summed E-state index contributed by atoms with van der Waals surface area (Å²) >= 11 is 7.32. The molecule has 104 valence electrons. The number of benzene rings is 1. The van der Waals surface area contributed by atoms with Crippen LogP contribution in [0.4, 0.5) is 5.69 Å². The van der Waals surface area contributed by atoms with E-state index in [4.69, 9.17) is 16.3 Å². The number of carbonyl (C=O) groups excluding carboxylic acids is 1. The molecule has 0 saturated carbocycles. The number of anilines is 1. The van der Waals surface area contributed by atoms with Gasteiger partial charge in [-0.15, -0.1) is 22.9 Å². The average molecular weight is 309 g/mol. The summed E-state index contributed by atoms with van der Waals surface area (Å²) in [5.74, 6) is 1.17. The van der Waals surface area contributed by atoms with Crippen LogP contribution in [0.15, 0.2) is 29.6 Å². The summed E-state index contributed by atoms with van der Waals surface area (Å²) in [7, 11) is 0. The van der Waals surface area contributed by atoms with Crippen LogP contribution in [0, 0.1) is 0 Å². The molecule has 1 aliphatic rings. The highest BCUT2D eigenvalue weighted by Gasteiger charge is 2.24. The summed E-state index contributed by atoms with van der Waals surface area (Å²) in [6.45, 7) is 0.705. The molecule has 1 aliphatic heterocycles. The van der Waals surface area contributed by atoms with Gasteiger partial charge in [0.25, 0.3) is 5.91 Å². The molecule has 2 aromatic rings. The van der Waals surface area contributed by atoms with Gasteiger partial charge in [-0.1, -0.05) is 12.1 Å². The topological polar surface area (TPSA) is 42.4 Å². The highest BCUT2D eigenvalue weighted by molar-refractivity contribution is 7.09. The monoisotopic (exact) mass is 308 g/mol. The van der Waals surface area contributed by atoms with Gasteiger partial charge in [0.05, 0.1) is 22.3 Å². The van der Waals surface area contributed by atoms with E-state index in [2.05, 4.69) is 4.98 Å². The molecule has 1 aromatic carbocycles. The van der Waals surface area contributed by atoms with Crippen molar-refractivity contribution in [3.8, 4) is 5.75 Å². The molecule has 0 bridgehead atoms. The van der Waals surface area contributed by atoms with Gasteiger partial charge in [0.1, 0.15) is 5.75 Å². The Balaban J connectivity index is 1.75. The second-order valence-electron chi connectivity index (χ2n) is 4.42. The minimum Gasteiger partial charge on any atom is -0.482 e. The first-order valence-electron chi connectivity index (χ1n) is 6.29. The molecule has 6 heteroatoms. The van der Waals surface area contributed by atoms with E-state index >= 15 is 0 Å². The van der Waals surface area contributed by atoms with Crippen LogP contribution in [0.3, 0.4) is 0 Å². The van der Waals surface area contributed by atoms with Crippen molar-refractivity contribution in [1.82, 2.24) is 4.98 Å². The Bertz CT molecular complexity index is 629. The van der Waals surface area contributed by atoms with Crippen LogP contribution in [0.5, 0.6) is 5.75 Å². The molecule has 0 saturated heterocycles. The Morgan fingerprint density at radius 2 is 2.25 bits per heavy atom. The van der Waals surface area contributed by atoms with E-state index < -0.39 is 0 Å². The zero-order valence-electron chi connectivity index (χ0n) is 10.7. The summed E-state index contributed by atoms with van der Waals surface area (Å²) in [4.78, 5) is 18.2. The summed E-state index contributed by atoms with van der Waals surface area (Å²) in [6, 6.07) is 7.59. The Labute approximate surface area is 126 Å². The fraction of sp³-hybridized carbons (Fsp3) is 0.286. The molecule has 0 spiro atoms. The van der Waals surface area contributed by atoms with Crippen LogP contribution in [0.1, 0.15) is 10.7 Å². The molecule has 0 fully saturated rings.